The molecular formula is C13H12Se2. The van der Waals surface area contributed by atoms with Crippen LogP contribution in [0.25, 0.3) is 0 Å². The van der Waals surface area contributed by atoms with Gasteiger partial charge in [0.1, 0.15) is 0 Å². The third kappa shape index (κ3) is 3.85. The van der Waals surface area contributed by atoms with Crippen LogP contribution in [0.5, 0.6) is 0 Å². The molecule has 0 fully saturated rings. The summed E-state index contributed by atoms with van der Waals surface area (Å²) in [7, 11) is 0. The summed E-state index contributed by atoms with van der Waals surface area (Å²) in [5, 5.41) is 1.27. The zero-order valence-electron chi connectivity index (χ0n) is 8.30. The fraction of sp³-hybridized carbons (Fsp3) is 0.0769. The number of hydrogen-bond donors (Lipinski definition) is 0. The maximum absolute atomic E-state index is 2.24. The first-order chi connectivity index (χ1) is 7.45. The molecule has 0 bridgehead atoms. The van der Waals surface area contributed by atoms with Gasteiger partial charge in [-0.25, -0.2) is 0 Å². The Hall–Kier alpha value is -0.521. The van der Waals surface area contributed by atoms with E-state index in [1.54, 1.807) is 0 Å². The van der Waals surface area contributed by atoms with Gasteiger partial charge in [0.05, 0.1) is 0 Å². The molecule has 0 heterocycles. The standard InChI is InChI=1S/C13H12Se2/c1-3-7-12(8-4-1)11-14-15-13-9-5-2-6-10-13/h1-10H,11H2. The van der Waals surface area contributed by atoms with Gasteiger partial charge in [-0.2, -0.15) is 0 Å². The second-order valence-corrected chi connectivity index (χ2v) is 9.97. The van der Waals surface area contributed by atoms with Crippen molar-refractivity contribution in [2.45, 2.75) is 5.32 Å². The fourth-order valence-corrected chi connectivity index (χ4v) is 7.70. The summed E-state index contributed by atoms with van der Waals surface area (Å²) in [4.78, 5) is 0. The SMILES string of the molecule is c1ccc(C[Se][Se]c2ccccc2)cc1. The summed E-state index contributed by atoms with van der Waals surface area (Å²) in [6.07, 6.45) is 0. The Bertz CT molecular complexity index is 344. The molecule has 2 heteroatoms. The Morgan fingerprint density at radius 1 is 0.733 bits per heavy atom. The Kier molecular flexibility index (Phi) is 4.50. The van der Waals surface area contributed by atoms with Crippen LogP contribution in [0.1, 0.15) is 5.56 Å². The van der Waals surface area contributed by atoms with Gasteiger partial charge in [-0.1, -0.05) is 0 Å². The molecule has 0 unspecified atom stereocenters. The molecule has 0 radical (unpaired) electrons. The van der Waals surface area contributed by atoms with Crippen molar-refractivity contribution in [1.82, 2.24) is 0 Å². The van der Waals surface area contributed by atoms with E-state index in [4.69, 9.17) is 0 Å². The molecule has 0 aliphatic heterocycles. The summed E-state index contributed by atoms with van der Waals surface area (Å²) in [5.74, 6) is 0. The summed E-state index contributed by atoms with van der Waals surface area (Å²) in [6, 6.07) is 21.6. The van der Waals surface area contributed by atoms with E-state index in [1.165, 1.54) is 15.3 Å². The van der Waals surface area contributed by atoms with E-state index in [0.717, 1.165) is 13.1 Å². The molecule has 0 amide bonds. The fourth-order valence-electron chi connectivity index (χ4n) is 1.22. The van der Waals surface area contributed by atoms with E-state index >= 15 is 0 Å². The Morgan fingerprint density at radius 3 is 2.00 bits per heavy atom. The molecule has 76 valence electrons. The number of rotatable bonds is 4. The van der Waals surface area contributed by atoms with E-state index in [9.17, 15) is 0 Å². The van der Waals surface area contributed by atoms with Gasteiger partial charge >= 0.3 is 102 Å². The third-order valence-electron chi connectivity index (χ3n) is 1.97. The quantitative estimate of drug-likeness (QED) is 0.752. The van der Waals surface area contributed by atoms with Gasteiger partial charge in [0.25, 0.3) is 0 Å². The molecule has 2 rings (SSSR count). The van der Waals surface area contributed by atoms with Crippen LogP contribution in [-0.2, 0) is 5.32 Å². The first-order valence-electron chi connectivity index (χ1n) is 4.83. The molecule has 0 aliphatic rings. The second kappa shape index (κ2) is 6.15. The minimum absolute atomic E-state index is 0.685. The molecular weight excluding hydrogens is 314 g/mol. The van der Waals surface area contributed by atoms with Gasteiger partial charge in [0, 0.05) is 0 Å². The zero-order chi connectivity index (χ0) is 10.3. The molecule has 2 aromatic carbocycles. The van der Waals surface area contributed by atoms with Crippen LogP contribution < -0.4 is 4.46 Å². The average Bonchev–Trinajstić information content (AvgIpc) is 2.32. The van der Waals surface area contributed by atoms with Crippen molar-refractivity contribution < 1.29 is 0 Å². The molecule has 0 spiro atoms. The second-order valence-electron chi connectivity index (χ2n) is 3.14. The predicted octanol–water partition coefficient (Wildman–Crippen LogP) is 1.84. The molecule has 0 atom stereocenters. The summed E-state index contributed by atoms with van der Waals surface area (Å²) >= 11 is 1.43. The molecule has 0 saturated heterocycles. The van der Waals surface area contributed by atoms with Crippen molar-refractivity contribution >= 4 is 30.7 Å². The van der Waals surface area contributed by atoms with E-state index in [0.29, 0.717) is 13.1 Å². The predicted molar refractivity (Wildman–Crippen MR) is 67.7 cm³/mol. The van der Waals surface area contributed by atoms with E-state index in [2.05, 4.69) is 60.7 Å². The van der Waals surface area contributed by atoms with E-state index in [-0.39, 0.29) is 0 Å². The average molecular weight is 326 g/mol. The van der Waals surface area contributed by atoms with Gasteiger partial charge in [-0.3, -0.25) is 0 Å². The van der Waals surface area contributed by atoms with E-state index < -0.39 is 0 Å². The van der Waals surface area contributed by atoms with Crippen LogP contribution in [0, 0.1) is 0 Å². The Labute approximate surface area is 102 Å². The van der Waals surface area contributed by atoms with Crippen molar-refractivity contribution in [3.05, 3.63) is 66.2 Å². The van der Waals surface area contributed by atoms with Crippen molar-refractivity contribution in [2.75, 3.05) is 0 Å². The van der Waals surface area contributed by atoms with Crippen LogP contribution >= 0.6 is 0 Å². The van der Waals surface area contributed by atoms with Crippen LogP contribution in [-0.4, -0.2) is 26.3 Å². The van der Waals surface area contributed by atoms with Gasteiger partial charge in [-0.15, -0.1) is 0 Å². The first-order valence-corrected chi connectivity index (χ1v) is 11.2. The van der Waals surface area contributed by atoms with Gasteiger partial charge < -0.3 is 0 Å². The van der Waals surface area contributed by atoms with Crippen molar-refractivity contribution in [2.24, 2.45) is 0 Å². The molecule has 0 aliphatic carbocycles. The topological polar surface area (TPSA) is 0 Å². The minimum atomic E-state index is 0.685. The third-order valence-corrected chi connectivity index (χ3v) is 8.80. The number of hydrogen-bond acceptors (Lipinski definition) is 0. The van der Waals surface area contributed by atoms with Crippen LogP contribution in [0.3, 0.4) is 0 Å². The van der Waals surface area contributed by atoms with Crippen molar-refractivity contribution in [1.29, 1.82) is 0 Å². The number of benzene rings is 2. The van der Waals surface area contributed by atoms with Crippen molar-refractivity contribution in [3.8, 4) is 0 Å². The van der Waals surface area contributed by atoms with Gasteiger partial charge in [0.15, 0.2) is 0 Å². The monoisotopic (exact) mass is 328 g/mol. The Morgan fingerprint density at radius 2 is 1.33 bits per heavy atom. The van der Waals surface area contributed by atoms with Gasteiger partial charge in [-0.05, 0) is 0 Å². The zero-order valence-corrected chi connectivity index (χ0v) is 11.7. The normalized spacial score (nSPS) is 10.1. The van der Waals surface area contributed by atoms with E-state index in [1.807, 2.05) is 0 Å². The molecule has 0 nitrogen and oxygen atoms in total. The molecule has 0 saturated carbocycles. The van der Waals surface area contributed by atoms with Crippen molar-refractivity contribution in [3.63, 3.8) is 0 Å². The maximum atomic E-state index is 2.24. The van der Waals surface area contributed by atoms with Gasteiger partial charge in [0.2, 0.25) is 0 Å². The molecule has 15 heavy (non-hydrogen) atoms. The summed E-state index contributed by atoms with van der Waals surface area (Å²) in [6.45, 7) is 0. The van der Waals surface area contributed by atoms with Crippen LogP contribution in [0.15, 0.2) is 60.7 Å². The summed E-state index contributed by atoms with van der Waals surface area (Å²) in [5.41, 5.74) is 1.48. The molecule has 0 N–H and O–H groups in total. The summed E-state index contributed by atoms with van der Waals surface area (Å²) < 4.78 is 1.53. The Balaban J connectivity index is 1.81. The molecule has 2 aromatic rings. The first kappa shape index (κ1) is 11.0. The van der Waals surface area contributed by atoms with Crippen LogP contribution in [0.2, 0.25) is 0 Å². The molecule has 0 aromatic heterocycles. The van der Waals surface area contributed by atoms with Crippen LogP contribution in [0.4, 0.5) is 0 Å².